The highest BCUT2D eigenvalue weighted by atomic mass is 15.2. The molecule has 2 heterocycles. The molecule has 84 valence electrons. The molecule has 4 nitrogen and oxygen atoms in total. The summed E-state index contributed by atoms with van der Waals surface area (Å²) in [4.78, 5) is 4.31. The fraction of sp³-hybridized carbons (Fsp3) is 0.154. The zero-order valence-electron chi connectivity index (χ0n) is 9.54. The topological polar surface area (TPSA) is 43.6 Å². The van der Waals surface area contributed by atoms with Gasteiger partial charge in [-0.3, -0.25) is 4.57 Å². The normalized spacial score (nSPS) is 10.9. The second-order valence-electron chi connectivity index (χ2n) is 3.82. The number of aromatic nitrogens is 4. The van der Waals surface area contributed by atoms with Gasteiger partial charge in [-0.15, -0.1) is 5.10 Å². The first-order chi connectivity index (χ1) is 8.40. The van der Waals surface area contributed by atoms with E-state index in [-0.39, 0.29) is 0 Å². The minimum atomic E-state index is 0.845. The Balaban J connectivity index is 2.31. The van der Waals surface area contributed by atoms with Gasteiger partial charge in [-0.1, -0.05) is 31.2 Å². The smallest absolute Gasteiger partial charge is 0.168 e. The molecule has 0 saturated heterocycles. The number of hydrogen-bond acceptors (Lipinski definition) is 3. The van der Waals surface area contributed by atoms with Crippen LogP contribution in [0.25, 0.3) is 16.6 Å². The van der Waals surface area contributed by atoms with E-state index in [4.69, 9.17) is 0 Å². The van der Waals surface area contributed by atoms with Crippen LogP contribution in [0.2, 0.25) is 0 Å². The third-order valence-electron chi connectivity index (χ3n) is 2.81. The van der Waals surface area contributed by atoms with Gasteiger partial charge in [0.25, 0.3) is 0 Å². The summed E-state index contributed by atoms with van der Waals surface area (Å²) >= 11 is 0. The Morgan fingerprint density at radius 3 is 3.00 bits per heavy atom. The van der Waals surface area contributed by atoms with Gasteiger partial charge in [-0.2, -0.15) is 5.10 Å². The van der Waals surface area contributed by atoms with Crippen LogP contribution in [0.5, 0.6) is 0 Å². The van der Waals surface area contributed by atoms with Crippen molar-refractivity contribution in [2.45, 2.75) is 13.3 Å². The van der Waals surface area contributed by atoms with Crippen LogP contribution in [0, 0.1) is 0 Å². The molecular formula is C13H12N4. The average molecular weight is 224 g/mol. The van der Waals surface area contributed by atoms with E-state index in [1.54, 1.807) is 12.4 Å². The van der Waals surface area contributed by atoms with Gasteiger partial charge in [-0.25, -0.2) is 4.98 Å². The molecule has 0 saturated carbocycles. The predicted octanol–water partition coefficient (Wildman–Crippen LogP) is 2.38. The van der Waals surface area contributed by atoms with Gasteiger partial charge < -0.3 is 0 Å². The Morgan fingerprint density at radius 2 is 2.12 bits per heavy atom. The largest absolute Gasteiger partial charge is 0.286 e. The van der Waals surface area contributed by atoms with Crippen LogP contribution in [0.15, 0.2) is 42.9 Å². The maximum atomic E-state index is 4.31. The lowest BCUT2D eigenvalue weighted by Gasteiger charge is -2.07. The van der Waals surface area contributed by atoms with E-state index in [1.165, 1.54) is 0 Å². The summed E-state index contributed by atoms with van der Waals surface area (Å²) in [5.41, 5.74) is 0. The van der Waals surface area contributed by atoms with Crippen molar-refractivity contribution in [3.05, 3.63) is 48.7 Å². The number of aryl methyl sites for hydroxylation is 1. The number of nitrogens with zero attached hydrogens (tertiary/aromatic N) is 4. The number of imidazole rings is 1. The van der Waals surface area contributed by atoms with Crippen molar-refractivity contribution in [3.63, 3.8) is 0 Å². The lowest BCUT2D eigenvalue weighted by atomic mass is 10.2. The van der Waals surface area contributed by atoms with Crippen molar-refractivity contribution in [1.82, 2.24) is 19.7 Å². The molecule has 3 rings (SSSR count). The van der Waals surface area contributed by atoms with Crippen LogP contribution < -0.4 is 0 Å². The fourth-order valence-corrected chi connectivity index (χ4v) is 1.98. The summed E-state index contributed by atoms with van der Waals surface area (Å²) in [5, 5.41) is 10.5. The van der Waals surface area contributed by atoms with Gasteiger partial charge in [0.1, 0.15) is 5.82 Å². The van der Waals surface area contributed by atoms with E-state index >= 15 is 0 Å². The Kier molecular flexibility index (Phi) is 2.33. The molecule has 17 heavy (non-hydrogen) atoms. The first-order valence-corrected chi connectivity index (χ1v) is 5.63. The summed E-state index contributed by atoms with van der Waals surface area (Å²) in [7, 11) is 0. The summed E-state index contributed by atoms with van der Waals surface area (Å²) in [6.07, 6.45) is 6.37. The first kappa shape index (κ1) is 9.96. The molecule has 4 heteroatoms. The second-order valence-corrected chi connectivity index (χ2v) is 3.82. The molecule has 3 aromatic rings. The zero-order valence-corrected chi connectivity index (χ0v) is 9.54. The third-order valence-corrected chi connectivity index (χ3v) is 2.81. The van der Waals surface area contributed by atoms with Crippen LogP contribution in [0.3, 0.4) is 0 Å². The van der Waals surface area contributed by atoms with Gasteiger partial charge >= 0.3 is 0 Å². The summed E-state index contributed by atoms with van der Waals surface area (Å²) in [6, 6.07) is 8.10. The number of hydrogen-bond donors (Lipinski definition) is 0. The molecule has 0 radical (unpaired) electrons. The van der Waals surface area contributed by atoms with Crippen molar-refractivity contribution < 1.29 is 0 Å². The van der Waals surface area contributed by atoms with E-state index in [1.807, 2.05) is 29.0 Å². The van der Waals surface area contributed by atoms with Crippen LogP contribution in [0.4, 0.5) is 0 Å². The van der Waals surface area contributed by atoms with Crippen LogP contribution in [-0.4, -0.2) is 19.7 Å². The number of fused-ring (bicyclic) bond motifs is 1. The molecule has 0 atom stereocenters. The molecule has 0 fully saturated rings. The lowest BCUT2D eigenvalue weighted by Crippen LogP contribution is -2.03. The van der Waals surface area contributed by atoms with E-state index in [2.05, 4.69) is 28.2 Å². The minimum Gasteiger partial charge on any atom is -0.286 e. The Bertz CT molecular complexity index is 652. The van der Waals surface area contributed by atoms with Gasteiger partial charge in [0.2, 0.25) is 0 Å². The van der Waals surface area contributed by atoms with Crippen LogP contribution >= 0.6 is 0 Å². The molecule has 0 amide bonds. The fourth-order valence-electron chi connectivity index (χ4n) is 1.98. The maximum absolute atomic E-state index is 4.31. The average Bonchev–Trinajstić information content (AvgIpc) is 2.86. The quantitative estimate of drug-likeness (QED) is 0.671. The molecule has 0 N–H and O–H groups in total. The minimum absolute atomic E-state index is 0.845. The molecule has 0 aliphatic rings. The highest BCUT2D eigenvalue weighted by Gasteiger charge is 2.08. The number of benzene rings is 1. The first-order valence-electron chi connectivity index (χ1n) is 5.63. The molecule has 0 aliphatic carbocycles. The van der Waals surface area contributed by atoms with E-state index in [9.17, 15) is 0 Å². The maximum Gasteiger partial charge on any atom is 0.168 e. The van der Waals surface area contributed by atoms with Crippen molar-refractivity contribution in [2.24, 2.45) is 0 Å². The predicted molar refractivity (Wildman–Crippen MR) is 66.0 cm³/mol. The molecule has 0 aliphatic heterocycles. The summed E-state index contributed by atoms with van der Waals surface area (Å²) in [6.45, 7) is 2.08. The molecule has 1 aromatic carbocycles. The van der Waals surface area contributed by atoms with Crippen molar-refractivity contribution >= 4 is 10.8 Å². The third kappa shape index (κ3) is 1.58. The van der Waals surface area contributed by atoms with E-state index < -0.39 is 0 Å². The highest BCUT2D eigenvalue weighted by Crippen LogP contribution is 2.19. The van der Waals surface area contributed by atoms with E-state index in [0.717, 1.165) is 28.8 Å². The summed E-state index contributed by atoms with van der Waals surface area (Å²) in [5.74, 6) is 1.84. The Morgan fingerprint density at radius 1 is 1.24 bits per heavy atom. The molecular weight excluding hydrogens is 212 g/mol. The summed E-state index contributed by atoms with van der Waals surface area (Å²) < 4.78 is 2.00. The zero-order chi connectivity index (χ0) is 11.7. The second kappa shape index (κ2) is 3.97. The van der Waals surface area contributed by atoms with Crippen molar-refractivity contribution in [1.29, 1.82) is 0 Å². The molecule has 0 unspecified atom stereocenters. The van der Waals surface area contributed by atoms with Crippen LogP contribution in [-0.2, 0) is 6.42 Å². The van der Waals surface area contributed by atoms with Gasteiger partial charge in [0.15, 0.2) is 5.82 Å². The van der Waals surface area contributed by atoms with Gasteiger partial charge in [-0.05, 0) is 0 Å². The Labute approximate surface area is 98.9 Å². The van der Waals surface area contributed by atoms with Crippen LogP contribution in [0.1, 0.15) is 12.7 Å². The van der Waals surface area contributed by atoms with E-state index in [0.29, 0.717) is 0 Å². The molecule has 0 bridgehead atoms. The van der Waals surface area contributed by atoms with Gasteiger partial charge in [0.05, 0.1) is 6.20 Å². The molecule has 0 spiro atoms. The van der Waals surface area contributed by atoms with Gasteiger partial charge in [0, 0.05) is 29.6 Å². The van der Waals surface area contributed by atoms with Crippen molar-refractivity contribution in [2.75, 3.05) is 0 Å². The standard InChI is InChI=1S/C13H12N4/c1-2-12-14-7-8-17(12)13-11-6-4-3-5-10(11)9-15-16-13/h3-9H,2H2,1H3. The number of rotatable bonds is 2. The van der Waals surface area contributed by atoms with Crippen molar-refractivity contribution in [3.8, 4) is 5.82 Å². The lowest BCUT2D eigenvalue weighted by molar-refractivity contribution is 0.848. The SMILES string of the molecule is CCc1nccn1-c1nncc2ccccc12. The molecule has 2 aromatic heterocycles. The highest BCUT2D eigenvalue weighted by molar-refractivity contribution is 5.87. The monoisotopic (exact) mass is 224 g/mol. The Hall–Kier alpha value is -2.23.